The van der Waals surface area contributed by atoms with E-state index in [-0.39, 0.29) is 18.4 Å². The van der Waals surface area contributed by atoms with Crippen molar-refractivity contribution in [2.45, 2.75) is 65.2 Å². The lowest BCUT2D eigenvalue weighted by Crippen LogP contribution is -2.26. The maximum Gasteiger partial charge on any atom is 0.277 e. The predicted octanol–water partition coefficient (Wildman–Crippen LogP) is 4.98. The molecule has 0 aliphatic heterocycles. The molecule has 1 fully saturated rings. The maximum absolute atomic E-state index is 12.0. The fourth-order valence-electron chi connectivity index (χ4n) is 2.81. The lowest BCUT2D eigenvalue weighted by atomic mass is 10.0. The summed E-state index contributed by atoms with van der Waals surface area (Å²) >= 11 is 6.19. The van der Waals surface area contributed by atoms with Gasteiger partial charge in [0.15, 0.2) is 6.61 Å². The first kappa shape index (κ1) is 18.8. The molecule has 1 amide bonds. The van der Waals surface area contributed by atoms with Gasteiger partial charge in [0.2, 0.25) is 0 Å². The third-order valence-electron chi connectivity index (χ3n) is 4.29. The Kier molecular flexibility index (Phi) is 7.10. The quantitative estimate of drug-likeness (QED) is 0.601. The van der Waals surface area contributed by atoms with Crippen molar-refractivity contribution in [1.82, 2.24) is 5.43 Å². The summed E-state index contributed by atoms with van der Waals surface area (Å²) in [4.78, 5) is 12.0. The van der Waals surface area contributed by atoms with Crippen molar-refractivity contribution in [2.75, 3.05) is 6.61 Å². The van der Waals surface area contributed by atoms with E-state index >= 15 is 0 Å². The molecule has 24 heavy (non-hydrogen) atoms. The summed E-state index contributed by atoms with van der Waals surface area (Å²) < 4.78 is 5.72. The third kappa shape index (κ3) is 5.52. The number of hydrazone groups is 1. The molecule has 0 radical (unpaired) electrons. The summed E-state index contributed by atoms with van der Waals surface area (Å²) in [5, 5.41) is 4.98. The van der Waals surface area contributed by atoms with Crippen LogP contribution < -0.4 is 10.2 Å². The zero-order valence-corrected chi connectivity index (χ0v) is 15.6. The first-order valence-corrected chi connectivity index (χ1v) is 9.12. The number of nitrogens with zero attached hydrogens (tertiary/aromatic N) is 1. The number of ether oxygens (including phenoxy) is 1. The number of hydrogen-bond donors (Lipinski definition) is 1. The van der Waals surface area contributed by atoms with E-state index in [0.29, 0.717) is 5.75 Å². The first-order valence-electron chi connectivity index (χ1n) is 8.74. The molecule has 0 aromatic heterocycles. The zero-order chi connectivity index (χ0) is 17.5. The highest BCUT2D eigenvalue weighted by Gasteiger charge is 2.13. The van der Waals surface area contributed by atoms with E-state index in [0.717, 1.165) is 47.5 Å². The average molecular weight is 351 g/mol. The smallest absolute Gasteiger partial charge is 0.277 e. The van der Waals surface area contributed by atoms with Crippen LogP contribution in [0.25, 0.3) is 0 Å². The topological polar surface area (TPSA) is 50.7 Å². The molecule has 0 saturated heterocycles. The second-order valence-electron chi connectivity index (χ2n) is 6.71. The largest absolute Gasteiger partial charge is 0.483 e. The maximum atomic E-state index is 12.0. The van der Waals surface area contributed by atoms with Crippen molar-refractivity contribution in [3.63, 3.8) is 0 Å². The van der Waals surface area contributed by atoms with Crippen molar-refractivity contribution in [2.24, 2.45) is 5.10 Å². The van der Waals surface area contributed by atoms with Crippen molar-refractivity contribution in [1.29, 1.82) is 0 Å². The second-order valence-corrected chi connectivity index (χ2v) is 7.12. The molecule has 0 spiro atoms. The Balaban J connectivity index is 1.94. The van der Waals surface area contributed by atoms with E-state index in [4.69, 9.17) is 16.3 Å². The predicted molar refractivity (Wildman–Crippen MR) is 99.1 cm³/mol. The van der Waals surface area contributed by atoms with Crippen LogP contribution in [-0.4, -0.2) is 18.2 Å². The molecule has 1 N–H and O–H groups in total. The highest BCUT2D eigenvalue weighted by Crippen LogP contribution is 2.31. The molecule has 4 nitrogen and oxygen atoms in total. The summed E-state index contributed by atoms with van der Waals surface area (Å²) in [5.41, 5.74) is 5.66. The minimum absolute atomic E-state index is 0.0441. The van der Waals surface area contributed by atoms with Crippen LogP contribution in [0.1, 0.15) is 69.4 Å². The van der Waals surface area contributed by atoms with E-state index in [1.807, 2.05) is 19.1 Å². The Morgan fingerprint density at radius 3 is 2.54 bits per heavy atom. The molecular formula is C19H27ClN2O2. The molecule has 1 aliphatic rings. The molecule has 0 atom stereocenters. The molecule has 0 heterocycles. The van der Waals surface area contributed by atoms with Crippen molar-refractivity contribution in [3.8, 4) is 5.75 Å². The summed E-state index contributed by atoms with van der Waals surface area (Å²) in [5.74, 6) is 0.755. The monoisotopic (exact) mass is 350 g/mol. The lowest BCUT2D eigenvalue weighted by Gasteiger charge is -2.15. The van der Waals surface area contributed by atoms with E-state index < -0.39 is 0 Å². The molecular weight excluding hydrogens is 324 g/mol. The van der Waals surface area contributed by atoms with E-state index in [9.17, 15) is 4.79 Å². The molecule has 1 aromatic rings. The highest BCUT2D eigenvalue weighted by atomic mass is 35.5. The minimum atomic E-state index is -0.228. The lowest BCUT2D eigenvalue weighted by molar-refractivity contribution is -0.123. The summed E-state index contributed by atoms with van der Waals surface area (Å²) in [6.45, 7) is 6.03. The van der Waals surface area contributed by atoms with E-state index in [1.54, 1.807) is 0 Å². The molecule has 0 bridgehead atoms. The molecule has 1 saturated carbocycles. The Hall–Kier alpha value is -1.55. The van der Waals surface area contributed by atoms with E-state index in [1.165, 1.54) is 12.8 Å². The van der Waals surface area contributed by atoms with Crippen LogP contribution in [0.5, 0.6) is 5.75 Å². The van der Waals surface area contributed by atoms with Crippen LogP contribution in [0.4, 0.5) is 0 Å². The van der Waals surface area contributed by atoms with Gasteiger partial charge in [-0.2, -0.15) is 5.10 Å². The molecule has 2 rings (SSSR count). The Bertz CT molecular complexity index is 602. The number of halogens is 1. The first-order chi connectivity index (χ1) is 11.5. The number of carbonyl (C=O) groups excluding carboxylic acids is 1. The fourth-order valence-corrected chi connectivity index (χ4v) is 2.98. The SMILES string of the molecule is Cc1cc(OCC(=O)NN=C2CCCCCC2)c(C(C)C)cc1Cl. The number of rotatable bonds is 5. The molecule has 0 unspecified atom stereocenters. The average Bonchev–Trinajstić information content (AvgIpc) is 2.82. The molecule has 1 aliphatic carbocycles. The van der Waals surface area contributed by atoms with Gasteiger partial charge in [-0.15, -0.1) is 0 Å². The van der Waals surface area contributed by atoms with Gasteiger partial charge >= 0.3 is 0 Å². The Morgan fingerprint density at radius 1 is 1.25 bits per heavy atom. The minimum Gasteiger partial charge on any atom is -0.483 e. The van der Waals surface area contributed by atoms with Gasteiger partial charge in [-0.25, -0.2) is 5.43 Å². The molecule has 5 heteroatoms. The van der Waals surface area contributed by atoms with Crippen molar-refractivity contribution >= 4 is 23.2 Å². The standard InChI is InChI=1S/C19H27ClN2O2/c1-13(2)16-11-17(20)14(3)10-18(16)24-12-19(23)22-21-15-8-6-4-5-7-9-15/h10-11,13H,4-9,12H2,1-3H3,(H,22,23). The van der Waals surface area contributed by atoms with Crippen molar-refractivity contribution in [3.05, 3.63) is 28.3 Å². The van der Waals surface area contributed by atoms with Crippen LogP contribution in [0.15, 0.2) is 17.2 Å². The van der Waals surface area contributed by atoms with Gasteiger partial charge in [0, 0.05) is 10.7 Å². The van der Waals surface area contributed by atoms with Crippen LogP contribution in [0, 0.1) is 6.92 Å². The van der Waals surface area contributed by atoms with Gasteiger partial charge in [0.1, 0.15) is 5.75 Å². The van der Waals surface area contributed by atoms with Gasteiger partial charge < -0.3 is 4.74 Å². The number of amides is 1. The highest BCUT2D eigenvalue weighted by molar-refractivity contribution is 6.31. The van der Waals surface area contributed by atoms with Crippen LogP contribution in [0.2, 0.25) is 5.02 Å². The fraction of sp³-hybridized carbons (Fsp3) is 0.579. The second kappa shape index (κ2) is 9.07. The summed E-state index contributed by atoms with van der Waals surface area (Å²) in [7, 11) is 0. The summed E-state index contributed by atoms with van der Waals surface area (Å²) in [6.07, 6.45) is 6.79. The van der Waals surface area contributed by atoms with Gasteiger partial charge in [-0.1, -0.05) is 38.3 Å². The Morgan fingerprint density at radius 2 is 1.92 bits per heavy atom. The zero-order valence-electron chi connectivity index (χ0n) is 14.8. The normalized spacial score (nSPS) is 15.1. The number of hydrogen-bond acceptors (Lipinski definition) is 3. The van der Waals surface area contributed by atoms with Gasteiger partial charge in [0.05, 0.1) is 0 Å². The molecule has 1 aromatic carbocycles. The number of nitrogens with one attached hydrogen (secondary N) is 1. The van der Waals surface area contributed by atoms with Gasteiger partial charge in [-0.05, 0) is 61.8 Å². The van der Waals surface area contributed by atoms with Crippen LogP contribution in [0.3, 0.4) is 0 Å². The van der Waals surface area contributed by atoms with E-state index in [2.05, 4.69) is 24.4 Å². The van der Waals surface area contributed by atoms with Crippen LogP contribution in [-0.2, 0) is 4.79 Å². The number of carbonyl (C=O) groups is 1. The third-order valence-corrected chi connectivity index (χ3v) is 4.70. The van der Waals surface area contributed by atoms with Gasteiger partial charge in [-0.3, -0.25) is 4.79 Å². The Labute approximate surface area is 149 Å². The number of aryl methyl sites for hydroxylation is 1. The molecule has 132 valence electrons. The van der Waals surface area contributed by atoms with Crippen LogP contribution >= 0.6 is 11.6 Å². The summed E-state index contributed by atoms with van der Waals surface area (Å²) in [6, 6.07) is 3.81. The van der Waals surface area contributed by atoms with Gasteiger partial charge in [0.25, 0.3) is 5.91 Å². The van der Waals surface area contributed by atoms with Crippen molar-refractivity contribution < 1.29 is 9.53 Å². The number of benzene rings is 1.